The van der Waals surface area contributed by atoms with Gasteiger partial charge in [0, 0.05) is 11.5 Å². The van der Waals surface area contributed by atoms with E-state index in [9.17, 15) is 0 Å². The van der Waals surface area contributed by atoms with Gasteiger partial charge in [0.1, 0.15) is 0 Å². The van der Waals surface area contributed by atoms with E-state index in [1.54, 1.807) is 0 Å². The summed E-state index contributed by atoms with van der Waals surface area (Å²) in [5.41, 5.74) is 1.35. The molecule has 1 fully saturated rings. The standard InChI is InChI=1S/C14H23NOS/c1-4-15-13(12-11(2)7-10-17-12)14(3)8-5-6-9-16-14/h7,10,13,15H,4-6,8-9H2,1-3H3. The normalized spacial score (nSPS) is 27.0. The zero-order valence-electron chi connectivity index (χ0n) is 11.1. The summed E-state index contributed by atoms with van der Waals surface area (Å²) in [6, 6.07) is 2.55. The molecule has 0 saturated carbocycles. The zero-order valence-corrected chi connectivity index (χ0v) is 11.9. The minimum Gasteiger partial charge on any atom is -0.373 e. The van der Waals surface area contributed by atoms with E-state index >= 15 is 0 Å². The van der Waals surface area contributed by atoms with Crippen molar-refractivity contribution in [3.63, 3.8) is 0 Å². The van der Waals surface area contributed by atoms with Gasteiger partial charge in [0.15, 0.2) is 0 Å². The van der Waals surface area contributed by atoms with E-state index in [4.69, 9.17) is 4.74 Å². The Morgan fingerprint density at radius 3 is 2.88 bits per heavy atom. The van der Waals surface area contributed by atoms with E-state index in [2.05, 4.69) is 37.5 Å². The van der Waals surface area contributed by atoms with Crippen LogP contribution in [-0.4, -0.2) is 18.8 Å². The van der Waals surface area contributed by atoms with Crippen LogP contribution in [0.25, 0.3) is 0 Å². The molecule has 2 nitrogen and oxygen atoms in total. The molecule has 0 spiro atoms. The van der Waals surface area contributed by atoms with Crippen LogP contribution in [0.15, 0.2) is 11.4 Å². The highest BCUT2D eigenvalue weighted by Crippen LogP contribution is 2.39. The number of ether oxygens (including phenoxy) is 1. The van der Waals surface area contributed by atoms with Crippen LogP contribution in [0.3, 0.4) is 0 Å². The van der Waals surface area contributed by atoms with Gasteiger partial charge in [0.25, 0.3) is 0 Å². The highest BCUT2D eigenvalue weighted by Gasteiger charge is 2.38. The molecule has 1 saturated heterocycles. The van der Waals surface area contributed by atoms with Crippen LogP contribution < -0.4 is 5.32 Å². The van der Waals surface area contributed by atoms with E-state index in [1.807, 2.05) is 11.3 Å². The van der Waals surface area contributed by atoms with Crippen LogP contribution in [0.4, 0.5) is 0 Å². The third-order valence-corrected chi connectivity index (χ3v) is 4.77. The van der Waals surface area contributed by atoms with Crippen molar-refractivity contribution in [2.45, 2.75) is 51.7 Å². The van der Waals surface area contributed by atoms with Crippen molar-refractivity contribution in [3.8, 4) is 0 Å². The monoisotopic (exact) mass is 253 g/mol. The van der Waals surface area contributed by atoms with Crippen molar-refractivity contribution in [2.24, 2.45) is 0 Å². The Kier molecular flexibility index (Phi) is 4.23. The van der Waals surface area contributed by atoms with Crippen LogP contribution in [0.1, 0.15) is 49.6 Å². The molecule has 17 heavy (non-hydrogen) atoms. The summed E-state index contributed by atoms with van der Waals surface area (Å²) in [6.45, 7) is 8.52. The summed E-state index contributed by atoms with van der Waals surface area (Å²) in [5.74, 6) is 0. The van der Waals surface area contributed by atoms with E-state index in [-0.39, 0.29) is 5.60 Å². The Bertz CT molecular complexity index is 355. The summed E-state index contributed by atoms with van der Waals surface area (Å²) in [6.07, 6.45) is 3.64. The Balaban J connectivity index is 2.25. The molecule has 0 radical (unpaired) electrons. The van der Waals surface area contributed by atoms with Crippen LogP contribution in [0, 0.1) is 6.92 Å². The summed E-state index contributed by atoms with van der Waals surface area (Å²) >= 11 is 1.85. The Morgan fingerprint density at radius 2 is 2.35 bits per heavy atom. The second-order valence-corrected chi connectivity index (χ2v) is 6.02. The third kappa shape index (κ3) is 2.72. The van der Waals surface area contributed by atoms with Gasteiger partial charge in [-0.3, -0.25) is 0 Å². The molecule has 2 unspecified atom stereocenters. The molecular formula is C14H23NOS. The lowest BCUT2D eigenvalue weighted by Gasteiger charge is -2.41. The van der Waals surface area contributed by atoms with Crippen LogP contribution in [0.2, 0.25) is 0 Å². The van der Waals surface area contributed by atoms with Gasteiger partial charge in [-0.1, -0.05) is 6.92 Å². The number of hydrogen-bond acceptors (Lipinski definition) is 3. The topological polar surface area (TPSA) is 21.3 Å². The summed E-state index contributed by atoms with van der Waals surface area (Å²) in [5, 5.41) is 5.80. The van der Waals surface area contributed by atoms with Crippen molar-refractivity contribution in [1.82, 2.24) is 5.32 Å². The van der Waals surface area contributed by atoms with Gasteiger partial charge >= 0.3 is 0 Å². The number of likely N-dealkylation sites (N-methyl/N-ethyl adjacent to an activating group) is 1. The average molecular weight is 253 g/mol. The first kappa shape index (κ1) is 13.1. The molecule has 2 atom stereocenters. The lowest BCUT2D eigenvalue weighted by Crippen LogP contribution is -2.45. The van der Waals surface area contributed by atoms with E-state index in [1.165, 1.54) is 23.3 Å². The molecule has 1 aromatic heterocycles. The third-order valence-electron chi connectivity index (χ3n) is 3.68. The molecular weight excluding hydrogens is 230 g/mol. The minimum absolute atomic E-state index is 0.0378. The molecule has 0 aromatic carbocycles. The SMILES string of the molecule is CCNC(c1sccc1C)C1(C)CCCCO1. The van der Waals surface area contributed by atoms with Gasteiger partial charge in [0.2, 0.25) is 0 Å². The number of nitrogens with one attached hydrogen (secondary N) is 1. The van der Waals surface area contributed by atoms with Gasteiger partial charge < -0.3 is 10.1 Å². The fourth-order valence-corrected chi connectivity index (χ4v) is 3.79. The predicted octanol–water partition coefficient (Wildman–Crippen LogP) is 3.67. The Labute approximate surface area is 108 Å². The van der Waals surface area contributed by atoms with Crippen molar-refractivity contribution >= 4 is 11.3 Å². The molecule has 96 valence electrons. The van der Waals surface area contributed by atoms with E-state index < -0.39 is 0 Å². The smallest absolute Gasteiger partial charge is 0.0856 e. The molecule has 0 bridgehead atoms. The first-order valence-corrected chi connectivity index (χ1v) is 7.46. The maximum atomic E-state index is 6.10. The Morgan fingerprint density at radius 1 is 1.53 bits per heavy atom. The largest absolute Gasteiger partial charge is 0.373 e. The van der Waals surface area contributed by atoms with Crippen LogP contribution in [-0.2, 0) is 4.74 Å². The highest BCUT2D eigenvalue weighted by atomic mass is 32.1. The summed E-state index contributed by atoms with van der Waals surface area (Å²) < 4.78 is 6.10. The molecule has 1 aliphatic heterocycles. The maximum absolute atomic E-state index is 6.10. The van der Waals surface area contributed by atoms with Gasteiger partial charge in [-0.2, -0.15) is 0 Å². The molecule has 2 rings (SSSR count). The van der Waals surface area contributed by atoms with Gasteiger partial charge in [-0.15, -0.1) is 11.3 Å². The first-order valence-electron chi connectivity index (χ1n) is 6.58. The van der Waals surface area contributed by atoms with Gasteiger partial charge in [0.05, 0.1) is 11.6 Å². The number of hydrogen-bond donors (Lipinski definition) is 1. The van der Waals surface area contributed by atoms with Gasteiger partial charge in [-0.05, 0) is 56.7 Å². The lowest BCUT2D eigenvalue weighted by atomic mass is 9.86. The quantitative estimate of drug-likeness (QED) is 0.884. The molecule has 2 heterocycles. The summed E-state index contributed by atoms with van der Waals surface area (Å²) in [7, 11) is 0. The van der Waals surface area contributed by atoms with Crippen molar-refractivity contribution in [1.29, 1.82) is 0 Å². The molecule has 1 N–H and O–H groups in total. The van der Waals surface area contributed by atoms with Crippen molar-refractivity contribution < 1.29 is 4.74 Å². The fraction of sp³-hybridized carbons (Fsp3) is 0.714. The first-order chi connectivity index (χ1) is 8.17. The average Bonchev–Trinajstić information content (AvgIpc) is 2.73. The van der Waals surface area contributed by atoms with Gasteiger partial charge in [-0.25, -0.2) is 0 Å². The van der Waals surface area contributed by atoms with Crippen molar-refractivity contribution in [2.75, 3.05) is 13.2 Å². The minimum atomic E-state index is -0.0378. The second-order valence-electron chi connectivity index (χ2n) is 5.08. The fourth-order valence-electron chi connectivity index (χ4n) is 2.65. The lowest BCUT2D eigenvalue weighted by molar-refractivity contribution is -0.0889. The number of rotatable bonds is 4. The van der Waals surface area contributed by atoms with E-state index in [0.717, 1.165) is 19.6 Å². The number of aryl methyl sites for hydroxylation is 1. The maximum Gasteiger partial charge on any atom is 0.0856 e. The zero-order chi connectivity index (χ0) is 12.3. The van der Waals surface area contributed by atoms with Crippen LogP contribution in [0.5, 0.6) is 0 Å². The Hall–Kier alpha value is -0.380. The second kappa shape index (κ2) is 5.51. The van der Waals surface area contributed by atoms with E-state index in [0.29, 0.717) is 6.04 Å². The number of thiophene rings is 1. The van der Waals surface area contributed by atoms with Crippen LogP contribution >= 0.6 is 11.3 Å². The molecule has 0 aliphatic carbocycles. The highest BCUT2D eigenvalue weighted by molar-refractivity contribution is 7.10. The molecule has 3 heteroatoms. The molecule has 1 aliphatic rings. The molecule has 0 amide bonds. The van der Waals surface area contributed by atoms with Crippen molar-refractivity contribution in [3.05, 3.63) is 21.9 Å². The molecule has 1 aromatic rings. The summed E-state index contributed by atoms with van der Waals surface area (Å²) in [4.78, 5) is 1.44. The predicted molar refractivity (Wildman–Crippen MR) is 73.7 cm³/mol.